The Balaban J connectivity index is 4.20. The highest BCUT2D eigenvalue weighted by atomic mass is 16.6. The molecule has 0 fully saturated rings. The van der Waals surface area contributed by atoms with E-state index in [4.69, 9.17) is 14.2 Å². The van der Waals surface area contributed by atoms with E-state index in [9.17, 15) is 19.5 Å². The van der Waals surface area contributed by atoms with E-state index in [1.165, 1.54) is 173 Å². The Morgan fingerprint density at radius 1 is 0.476 bits per heavy atom. The van der Waals surface area contributed by atoms with Crippen LogP contribution in [0.25, 0.3) is 0 Å². The van der Waals surface area contributed by atoms with E-state index in [1.807, 2.05) is 21.1 Å². The Kier molecular flexibility index (Phi) is 44.7. The number of allylic oxidation sites excluding steroid dienone is 4. The minimum Gasteiger partial charge on any atom is -0.544 e. The lowest BCUT2D eigenvalue weighted by atomic mass is 10.0. The zero-order chi connectivity index (χ0) is 46.3. The van der Waals surface area contributed by atoms with Gasteiger partial charge in [-0.2, -0.15) is 0 Å². The second kappa shape index (κ2) is 46.3. The van der Waals surface area contributed by atoms with Crippen molar-refractivity contribution in [1.29, 1.82) is 0 Å². The van der Waals surface area contributed by atoms with Gasteiger partial charge >= 0.3 is 11.9 Å². The van der Waals surface area contributed by atoms with Crippen LogP contribution in [-0.2, 0) is 28.6 Å². The van der Waals surface area contributed by atoms with Crippen molar-refractivity contribution in [3.8, 4) is 0 Å². The van der Waals surface area contributed by atoms with Crippen molar-refractivity contribution in [2.75, 3.05) is 41.0 Å². The number of rotatable bonds is 49. The lowest BCUT2D eigenvalue weighted by Gasteiger charge is -2.34. The fraction of sp³-hybridized carbons (Fsp3) is 0.873. The summed E-state index contributed by atoms with van der Waals surface area (Å²) in [6.45, 7) is 4.70. The summed E-state index contributed by atoms with van der Waals surface area (Å²) in [6.07, 6.45) is 53.5. The number of hydrogen-bond acceptors (Lipinski definition) is 7. The summed E-state index contributed by atoms with van der Waals surface area (Å²) in [6, 6.07) is -0.725. The van der Waals surface area contributed by atoms with Crippen molar-refractivity contribution in [2.24, 2.45) is 0 Å². The van der Waals surface area contributed by atoms with Crippen LogP contribution in [0.3, 0.4) is 0 Å². The maximum atomic E-state index is 12.8. The molecular weight excluding hydrogens is 787 g/mol. The van der Waals surface area contributed by atoms with Crippen molar-refractivity contribution in [3.05, 3.63) is 24.3 Å². The molecule has 0 spiro atoms. The molecule has 0 saturated carbocycles. The first-order valence-corrected chi connectivity index (χ1v) is 26.9. The third-order valence-corrected chi connectivity index (χ3v) is 12.3. The van der Waals surface area contributed by atoms with E-state index in [1.54, 1.807) is 0 Å². The number of esters is 2. The van der Waals surface area contributed by atoms with Crippen molar-refractivity contribution in [3.63, 3.8) is 0 Å². The highest BCUT2D eigenvalue weighted by molar-refractivity contribution is 5.70. The lowest BCUT2D eigenvalue weighted by molar-refractivity contribution is -0.889. The van der Waals surface area contributed by atoms with E-state index in [-0.39, 0.29) is 42.7 Å². The molecule has 0 amide bonds. The van der Waals surface area contributed by atoms with Gasteiger partial charge in [-0.05, 0) is 44.9 Å². The summed E-state index contributed by atoms with van der Waals surface area (Å²) in [4.78, 5) is 37.1. The number of ether oxygens (including phenoxy) is 3. The Bertz CT molecular complexity index is 1080. The number of quaternary nitrogens is 1. The minimum absolute atomic E-state index is 0.0429. The normalized spacial score (nSPS) is 13.0. The van der Waals surface area contributed by atoms with Crippen LogP contribution in [0.1, 0.15) is 258 Å². The van der Waals surface area contributed by atoms with Crippen LogP contribution in [0.15, 0.2) is 24.3 Å². The van der Waals surface area contributed by atoms with Crippen molar-refractivity contribution < 1.29 is 38.2 Å². The average molecular weight is 890 g/mol. The van der Waals surface area contributed by atoms with Crippen molar-refractivity contribution >= 4 is 17.9 Å². The van der Waals surface area contributed by atoms with Gasteiger partial charge in [0.2, 0.25) is 0 Å². The molecule has 0 bridgehead atoms. The number of likely N-dealkylation sites (N-methyl/N-ethyl adjacent to an activating group) is 1. The number of carbonyl (C=O) groups excluding carboxylic acids is 3. The lowest BCUT2D eigenvalue weighted by Crippen LogP contribution is -2.55. The Labute approximate surface area is 390 Å². The third kappa shape index (κ3) is 44.8. The first-order valence-electron chi connectivity index (χ1n) is 26.9. The molecule has 0 aromatic rings. The number of hydrogen-bond donors (Lipinski definition) is 0. The van der Waals surface area contributed by atoms with E-state index in [0.29, 0.717) is 12.8 Å². The second-order valence-electron chi connectivity index (χ2n) is 19.5. The zero-order valence-corrected chi connectivity index (χ0v) is 42.3. The predicted molar refractivity (Wildman–Crippen MR) is 264 cm³/mol. The molecule has 370 valence electrons. The molecule has 0 aliphatic rings. The largest absolute Gasteiger partial charge is 0.544 e. The highest BCUT2D eigenvalue weighted by Crippen LogP contribution is 2.16. The summed E-state index contributed by atoms with van der Waals surface area (Å²) in [7, 11) is 5.42. The summed E-state index contributed by atoms with van der Waals surface area (Å²) in [5.41, 5.74) is 0. The van der Waals surface area contributed by atoms with Gasteiger partial charge in [-0.15, -0.1) is 0 Å². The van der Waals surface area contributed by atoms with E-state index in [0.717, 1.165) is 51.4 Å². The smallest absolute Gasteiger partial charge is 0.306 e. The van der Waals surface area contributed by atoms with Gasteiger partial charge < -0.3 is 28.6 Å². The molecule has 0 saturated heterocycles. The molecule has 63 heavy (non-hydrogen) atoms. The van der Waals surface area contributed by atoms with Gasteiger partial charge in [-0.25, -0.2) is 0 Å². The fourth-order valence-electron chi connectivity index (χ4n) is 8.16. The van der Waals surface area contributed by atoms with Crippen LogP contribution in [0.2, 0.25) is 0 Å². The van der Waals surface area contributed by atoms with Crippen molar-refractivity contribution in [1.82, 2.24) is 0 Å². The van der Waals surface area contributed by atoms with Gasteiger partial charge in [-0.1, -0.05) is 218 Å². The van der Waals surface area contributed by atoms with Crippen LogP contribution in [0, 0.1) is 0 Å². The SMILES string of the molecule is CCCCCCCCCC/C=C/C/C=C/CCCCCCCCCC(=O)OCC(COCCC(C(=O)[O-])[N+](C)(C)C)OC(=O)CCCCCCCCCCCCCCCCCCC. The number of carbonyl (C=O) groups is 3. The number of carboxylic acid groups (broad SMARTS) is 1. The molecule has 0 radical (unpaired) electrons. The predicted octanol–water partition coefficient (Wildman–Crippen LogP) is 14.3. The zero-order valence-electron chi connectivity index (χ0n) is 42.3. The molecule has 2 unspecified atom stereocenters. The summed E-state index contributed by atoms with van der Waals surface area (Å²) in [5, 5.41) is 11.7. The summed E-state index contributed by atoms with van der Waals surface area (Å²) < 4.78 is 17.3. The minimum atomic E-state index is -1.12. The topological polar surface area (TPSA) is 102 Å². The van der Waals surface area contributed by atoms with Crippen molar-refractivity contribution in [2.45, 2.75) is 270 Å². The highest BCUT2D eigenvalue weighted by Gasteiger charge is 2.25. The number of carboxylic acids is 1. The number of aliphatic carboxylic acids is 1. The molecule has 0 N–H and O–H groups in total. The van der Waals surface area contributed by atoms with E-state index in [2.05, 4.69) is 38.2 Å². The van der Waals surface area contributed by atoms with Gasteiger partial charge in [0.25, 0.3) is 0 Å². The Morgan fingerprint density at radius 3 is 1.22 bits per heavy atom. The number of nitrogens with zero attached hydrogens (tertiary/aromatic N) is 1. The first-order chi connectivity index (χ1) is 30.6. The summed E-state index contributed by atoms with van der Waals surface area (Å²) in [5.74, 6) is -1.73. The maximum Gasteiger partial charge on any atom is 0.306 e. The van der Waals surface area contributed by atoms with Crippen LogP contribution in [-0.4, -0.2) is 75.5 Å². The van der Waals surface area contributed by atoms with E-state index < -0.39 is 18.1 Å². The maximum absolute atomic E-state index is 12.8. The van der Waals surface area contributed by atoms with E-state index >= 15 is 0 Å². The van der Waals surface area contributed by atoms with Crippen LogP contribution < -0.4 is 5.11 Å². The number of unbranched alkanes of at least 4 members (excludes halogenated alkanes) is 31. The average Bonchev–Trinajstić information content (AvgIpc) is 3.24. The molecule has 2 atom stereocenters. The summed E-state index contributed by atoms with van der Waals surface area (Å²) >= 11 is 0. The molecule has 8 heteroatoms. The van der Waals surface area contributed by atoms with Gasteiger partial charge in [0, 0.05) is 19.3 Å². The molecule has 8 nitrogen and oxygen atoms in total. The third-order valence-electron chi connectivity index (χ3n) is 12.3. The van der Waals surface area contributed by atoms with Crippen LogP contribution in [0.4, 0.5) is 0 Å². The Morgan fingerprint density at radius 2 is 0.841 bits per heavy atom. The quantitative estimate of drug-likeness (QED) is 0.0259. The molecular formula is C55H103NO7. The Hall–Kier alpha value is -2.19. The molecule has 0 aliphatic carbocycles. The van der Waals surface area contributed by atoms with Gasteiger partial charge in [-0.3, -0.25) is 9.59 Å². The molecule has 0 rings (SSSR count). The van der Waals surface area contributed by atoms with Gasteiger partial charge in [0.1, 0.15) is 12.6 Å². The second-order valence-corrected chi connectivity index (χ2v) is 19.5. The van der Waals surface area contributed by atoms with Crippen LogP contribution in [0.5, 0.6) is 0 Å². The van der Waals surface area contributed by atoms with Gasteiger partial charge in [0.05, 0.1) is 40.3 Å². The molecule has 0 aliphatic heterocycles. The monoisotopic (exact) mass is 890 g/mol. The fourth-order valence-corrected chi connectivity index (χ4v) is 8.16. The molecule has 0 aromatic carbocycles. The van der Waals surface area contributed by atoms with Crippen LogP contribution >= 0.6 is 0 Å². The molecule has 0 heterocycles. The standard InChI is InChI=1S/C55H103NO7/c1-6-8-10-12-14-16-18-20-22-24-25-26-27-28-30-31-33-35-37-39-41-43-45-53(57)62-50-51(49-61-48-47-52(55(59)60)56(3,4)5)63-54(58)46-44-42-40-38-36-34-32-29-23-21-19-17-15-13-11-9-7-2/h24-25,27-28,51-52H,6-23,26,29-50H2,1-5H3/b25-24+,28-27+. The van der Waals surface area contributed by atoms with Gasteiger partial charge in [0.15, 0.2) is 6.10 Å². The molecule has 0 aromatic heterocycles. The first kappa shape index (κ1) is 60.8.